The van der Waals surface area contributed by atoms with Crippen LogP contribution in [0.2, 0.25) is 5.02 Å². The molecular formula is C27H29ClN6O3. The van der Waals surface area contributed by atoms with Gasteiger partial charge in [0.1, 0.15) is 11.3 Å². The summed E-state index contributed by atoms with van der Waals surface area (Å²) in [6.45, 7) is 3.14. The average molecular weight is 521 g/mol. The molecule has 10 heteroatoms. The highest BCUT2D eigenvalue weighted by molar-refractivity contribution is 6.30. The van der Waals surface area contributed by atoms with Crippen LogP contribution in [0.1, 0.15) is 41.0 Å². The Balaban J connectivity index is 1.78. The SMILES string of the molecule is CCN(c1ccccc1)c1c(C(N)=CC=NC)[nH]c(=O)c(C(=O)N2CCC(c3ccc(Cl)cn3)C2)c1O. The van der Waals surface area contributed by atoms with Crippen molar-refractivity contribution in [1.29, 1.82) is 0 Å². The van der Waals surface area contributed by atoms with Crippen LogP contribution < -0.4 is 16.2 Å². The van der Waals surface area contributed by atoms with E-state index in [9.17, 15) is 14.7 Å². The van der Waals surface area contributed by atoms with Crippen molar-refractivity contribution in [3.05, 3.63) is 87.1 Å². The number of hydrogen-bond acceptors (Lipinski definition) is 7. The number of pyridine rings is 2. The van der Waals surface area contributed by atoms with E-state index in [2.05, 4.69) is 15.0 Å². The van der Waals surface area contributed by atoms with Crippen LogP contribution in [0.4, 0.5) is 11.4 Å². The molecule has 4 N–H and O–H groups in total. The van der Waals surface area contributed by atoms with Gasteiger partial charge in [0.2, 0.25) is 0 Å². The zero-order valence-electron chi connectivity index (χ0n) is 20.7. The van der Waals surface area contributed by atoms with Crippen LogP contribution in [-0.4, -0.2) is 58.8 Å². The Hall–Kier alpha value is -4.11. The average Bonchev–Trinajstić information content (AvgIpc) is 3.40. The van der Waals surface area contributed by atoms with Gasteiger partial charge in [0, 0.05) is 56.4 Å². The number of aromatic nitrogens is 2. The Bertz CT molecular complexity index is 1390. The first-order valence-corrected chi connectivity index (χ1v) is 12.3. The first kappa shape index (κ1) is 26.0. The van der Waals surface area contributed by atoms with Crippen molar-refractivity contribution in [3.8, 4) is 5.75 Å². The van der Waals surface area contributed by atoms with Crippen molar-refractivity contribution in [2.45, 2.75) is 19.3 Å². The molecule has 3 heterocycles. The minimum atomic E-state index is -0.719. The molecule has 1 fully saturated rings. The number of hydrogen-bond donors (Lipinski definition) is 3. The molecule has 4 rings (SSSR count). The molecule has 0 bridgehead atoms. The lowest BCUT2D eigenvalue weighted by molar-refractivity contribution is 0.0786. The van der Waals surface area contributed by atoms with Gasteiger partial charge in [0.05, 0.1) is 16.4 Å². The maximum Gasteiger partial charge on any atom is 0.265 e. The molecule has 0 radical (unpaired) electrons. The number of benzene rings is 1. The molecule has 1 atom stereocenters. The fourth-order valence-corrected chi connectivity index (χ4v) is 4.65. The monoisotopic (exact) mass is 520 g/mol. The molecule has 9 nitrogen and oxygen atoms in total. The molecule has 1 unspecified atom stereocenters. The quantitative estimate of drug-likeness (QED) is 0.405. The molecule has 3 aromatic rings. The number of halogens is 1. The second-order valence-corrected chi connectivity index (χ2v) is 9.08. The van der Waals surface area contributed by atoms with E-state index < -0.39 is 17.2 Å². The lowest BCUT2D eigenvalue weighted by atomic mass is 10.0. The summed E-state index contributed by atoms with van der Waals surface area (Å²) < 4.78 is 0. The van der Waals surface area contributed by atoms with E-state index in [4.69, 9.17) is 17.3 Å². The van der Waals surface area contributed by atoms with Gasteiger partial charge in [-0.3, -0.25) is 19.6 Å². The van der Waals surface area contributed by atoms with Gasteiger partial charge in [0.15, 0.2) is 5.75 Å². The third-order valence-corrected chi connectivity index (χ3v) is 6.59. The maximum atomic E-state index is 13.6. The number of anilines is 2. The molecule has 0 spiro atoms. The van der Waals surface area contributed by atoms with E-state index in [1.54, 1.807) is 29.1 Å². The number of nitrogens with zero attached hydrogens (tertiary/aromatic N) is 4. The molecule has 0 saturated carbocycles. The molecule has 1 amide bonds. The number of carbonyl (C=O) groups excluding carboxylic acids is 1. The molecule has 1 aliphatic heterocycles. The van der Waals surface area contributed by atoms with Crippen molar-refractivity contribution >= 4 is 40.8 Å². The number of aromatic amines is 1. The Morgan fingerprint density at radius 3 is 2.73 bits per heavy atom. The topological polar surface area (TPSA) is 128 Å². The predicted octanol–water partition coefficient (Wildman–Crippen LogP) is 3.92. The summed E-state index contributed by atoms with van der Waals surface area (Å²) in [5.74, 6) is -0.971. The largest absolute Gasteiger partial charge is 0.505 e. The highest BCUT2D eigenvalue weighted by Gasteiger charge is 2.34. The third-order valence-electron chi connectivity index (χ3n) is 6.37. The van der Waals surface area contributed by atoms with Crippen molar-refractivity contribution in [3.63, 3.8) is 0 Å². The fraction of sp³-hybridized carbons (Fsp3) is 0.259. The molecule has 0 aliphatic carbocycles. The van der Waals surface area contributed by atoms with Gasteiger partial charge in [-0.25, -0.2) is 0 Å². The second-order valence-electron chi connectivity index (χ2n) is 8.65. The van der Waals surface area contributed by atoms with E-state index >= 15 is 0 Å². The van der Waals surface area contributed by atoms with Crippen molar-refractivity contribution < 1.29 is 9.90 Å². The van der Waals surface area contributed by atoms with Gasteiger partial charge in [0.25, 0.3) is 11.5 Å². The molecule has 2 aromatic heterocycles. The number of aromatic hydroxyl groups is 1. The van der Waals surface area contributed by atoms with E-state index in [1.807, 2.05) is 43.3 Å². The van der Waals surface area contributed by atoms with Crippen LogP contribution in [0.3, 0.4) is 0 Å². The standard InChI is InChI=1S/C27H29ClN6O3/c1-3-34(19-7-5-4-6-8-19)24-23(20(29)11-13-30-2)32-26(36)22(25(24)35)27(37)33-14-12-17(16-33)21-10-9-18(28)15-31-21/h4-11,13,15,17H,3,12,14,16,29H2,1-2H3,(H2,32,35,36). The summed E-state index contributed by atoms with van der Waals surface area (Å²) >= 11 is 5.95. The third kappa shape index (κ3) is 5.36. The van der Waals surface area contributed by atoms with Gasteiger partial charge in [-0.1, -0.05) is 29.8 Å². The fourth-order valence-electron chi connectivity index (χ4n) is 4.54. The van der Waals surface area contributed by atoms with Gasteiger partial charge < -0.3 is 25.6 Å². The van der Waals surface area contributed by atoms with E-state index in [0.717, 1.165) is 11.4 Å². The summed E-state index contributed by atoms with van der Waals surface area (Å²) in [5, 5.41) is 12.0. The normalized spacial score (nSPS) is 15.9. The first-order valence-electron chi connectivity index (χ1n) is 12.0. The molecule has 1 aliphatic rings. The number of nitrogens with two attached hydrogens (primary N) is 1. The highest BCUT2D eigenvalue weighted by atomic mass is 35.5. The summed E-state index contributed by atoms with van der Waals surface area (Å²) in [6, 6.07) is 13.0. The van der Waals surface area contributed by atoms with Crippen LogP contribution >= 0.6 is 11.6 Å². The van der Waals surface area contributed by atoms with E-state index in [0.29, 0.717) is 31.1 Å². The molecule has 192 valence electrons. The second kappa shape index (κ2) is 11.3. The van der Waals surface area contributed by atoms with Crippen LogP contribution in [-0.2, 0) is 0 Å². The molecule has 37 heavy (non-hydrogen) atoms. The van der Waals surface area contributed by atoms with Crippen LogP contribution in [0.5, 0.6) is 5.75 Å². The van der Waals surface area contributed by atoms with Gasteiger partial charge in [-0.2, -0.15) is 0 Å². The number of nitrogens with one attached hydrogen (secondary N) is 1. The number of H-pyrrole nitrogens is 1. The lowest BCUT2D eigenvalue weighted by Crippen LogP contribution is -2.34. The lowest BCUT2D eigenvalue weighted by Gasteiger charge is -2.28. The van der Waals surface area contributed by atoms with Crippen LogP contribution in [0, 0.1) is 0 Å². The minimum Gasteiger partial charge on any atom is -0.505 e. The first-order chi connectivity index (χ1) is 17.8. The zero-order valence-corrected chi connectivity index (χ0v) is 21.4. The number of rotatable bonds is 7. The van der Waals surface area contributed by atoms with Crippen LogP contribution in [0.15, 0.2) is 64.5 Å². The van der Waals surface area contributed by atoms with Crippen molar-refractivity contribution in [2.24, 2.45) is 10.7 Å². The highest BCUT2D eigenvalue weighted by Crippen LogP contribution is 2.39. The number of amides is 1. The zero-order chi connectivity index (χ0) is 26.5. The predicted molar refractivity (Wildman–Crippen MR) is 147 cm³/mol. The molecule has 1 saturated heterocycles. The summed E-state index contributed by atoms with van der Waals surface area (Å²) in [6.07, 6.45) is 5.27. The Morgan fingerprint density at radius 1 is 1.32 bits per heavy atom. The van der Waals surface area contributed by atoms with E-state index in [1.165, 1.54) is 12.3 Å². The van der Waals surface area contributed by atoms with Gasteiger partial charge in [-0.15, -0.1) is 0 Å². The Kier molecular flexibility index (Phi) is 7.93. The van der Waals surface area contributed by atoms with Crippen molar-refractivity contribution in [2.75, 3.05) is 31.6 Å². The number of para-hydroxylation sites is 1. The number of likely N-dealkylation sites (tertiary alicyclic amines) is 1. The maximum absolute atomic E-state index is 13.6. The number of aliphatic imine (C=N–C) groups is 1. The Labute approximate surface area is 219 Å². The van der Waals surface area contributed by atoms with Gasteiger partial charge >= 0.3 is 0 Å². The smallest absolute Gasteiger partial charge is 0.265 e. The van der Waals surface area contributed by atoms with Crippen molar-refractivity contribution in [1.82, 2.24) is 14.9 Å². The number of allylic oxidation sites excluding steroid dienone is 1. The summed E-state index contributed by atoms with van der Waals surface area (Å²) in [5.41, 5.74) is 7.46. The summed E-state index contributed by atoms with van der Waals surface area (Å²) in [7, 11) is 1.60. The van der Waals surface area contributed by atoms with Gasteiger partial charge in [-0.05, 0) is 43.7 Å². The minimum absolute atomic E-state index is 0.00422. The molecule has 1 aromatic carbocycles. The summed E-state index contributed by atoms with van der Waals surface area (Å²) in [4.78, 5) is 41.2. The molecular weight excluding hydrogens is 492 g/mol. The Morgan fingerprint density at radius 2 is 2.08 bits per heavy atom. The van der Waals surface area contributed by atoms with Crippen LogP contribution in [0.25, 0.3) is 5.70 Å². The van der Waals surface area contributed by atoms with E-state index in [-0.39, 0.29) is 28.6 Å². The number of carbonyl (C=O) groups is 1.